The van der Waals surface area contributed by atoms with Crippen molar-refractivity contribution < 1.29 is 18.0 Å². The molecule has 5 rings (SSSR count). The second-order valence-electron chi connectivity index (χ2n) is 8.45. The number of hydrogen-bond acceptors (Lipinski definition) is 4. The molecule has 3 aromatic heterocycles. The van der Waals surface area contributed by atoms with Gasteiger partial charge in [-0.15, -0.1) is 0 Å². The van der Waals surface area contributed by atoms with E-state index in [0.29, 0.717) is 41.7 Å². The zero-order chi connectivity index (χ0) is 24.1. The summed E-state index contributed by atoms with van der Waals surface area (Å²) < 4.78 is 44.6. The van der Waals surface area contributed by atoms with Crippen molar-refractivity contribution in [2.75, 3.05) is 0 Å². The standard InChI is InChI=1S/C24H23F3N6O/c1-4-14-11-15-22(30-31(3)23(15)13-9-17(25)21(27)18(26)10-13)19(5-2)32(14)24(34)16-12-29-33-20(16)7-6-8-28-33/h6-10,12,14,19H,4-5,11H2,1-3H3. The molecule has 0 spiro atoms. The smallest absolute Gasteiger partial charge is 0.258 e. The molecule has 4 heterocycles. The van der Waals surface area contributed by atoms with Crippen LogP contribution in [0, 0.1) is 17.5 Å². The van der Waals surface area contributed by atoms with Crippen molar-refractivity contribution in [1.29, 1.82) is 0 Å². The molecule has 0 fully saturated rings. The SMILES string of the molecule is CCC1Cc2c(nn(C)c2-c2cc(F)c(F)c(F)c2)C(CC)N1C(=O)c1cnn2ncccc12. The van der Waals surface area contributed by atoms with E-state index in [9.17, 15) is 18.0 Å². The number of rotatable bonds is 4. The summed E-state index contributed by atoms with van der Waals surface area (Å²) in [5, 5.41) is 13.0. The van der Waals surface area contributed by atoms with E-state index < -0.39 is 17.5 Å². The number of aromatic nitrogens is 5. The molecule has 2 atom stereocenters. The molecule has 1 aliphatic heterocycles. The number of fused-ring (bicyclic) bond motifs is 2. The van der Waals surface area contributed by atoms with Crippen LogP contribution in [-0.2, 0) is 13.5 Å². The predicted molar refractivity (Wildman–Crippen MR) is 118 cm³/mol. The van der Waals surface area contributed by atoms with Crippen molar-refractivity contribution >= 4 is 11.4 Å². The highest BCUT2D eigenvalue weighted by molar-refractivity contribution is 6.01. The van der Waals surface area contributed by atoms with E-state index >= 15 is 0 Å². The van der Waals surface area contributed by atoms with Gasteiger partial charge in [0.1, 0.15) is 5.52 Å². The van der Waals surface area contributed by atoms with Crippen molar-refractivity contribution in [2.24, 2.45) is 7.05 Å². The molecule has 1 aliphatic rings. The third-order valence-electron chi connectivity index (χ3n) is 6.54. The number of carbonyl (C=O) groups is 1. The number of hydrogen-bond donors (Lipinski definition) is 0. The highest BCUT2D eigenvalue weighted by Crippen LogP contribution is 2.41. The maximum Gasteiger partial charge on any atom is 0.258 e. The van der Waals surface area contributed by atoms with E-state index in [1.54, 1.807) is 30.1 Å². The maximum atomic E-state index is 14.0. The Balaban J connectivity index is 1.63. The monoisotopic (exact) mass is 468 g/mol. The fraction of sp³-hybridized carbons (Fsp3) is 0.333. The van der Waals surface area contributed by atoms with Crippen LogP contribution >= 0.6 is 0 Å². The van der Waals surface area contributed by atoms with E-state index in [4.69, 9.17) is 0 Å². The molecule has 0 aliphatic carbocycles. The lowest BCUT2D eigenvalue weighted by Gasteiger charge is -2.41. The zero-order valence-corrected chi connectivity index (χ0v) is 19.0. The average molecular weight is 468 g/mol. The largest absolute Gasteiger partial charge is 0.327 e. The first kappa shape index (κ1) is 22.1. The van der Waals surface area contributed by atoms with Crippen LogP contribution in [0.2, 0.25) is 0 Å². The van der Waals surface area contributed by atoms with Crippen molar-refractivity contribution in [3.63, 3.8) is 0 Å². The van der Waals surface area contributed by atoms with Crippen LogP contribution in [0.3, 0.4) is 0 Å². The Kier molecular flexibility index (Phi) is 5.38. The molecule has 0 bridgehead atoms. The number of amides is 1. The summed E-state index contributed by atoms with van der Waals surface area (Å²) in [7, 11) is 1.68. The minimum absolute atomic E-state index is 0.168. The van der Waals surface area contributed by atoms with Crippen molar-refractivity contribution in [3.8, 4) is 11.3 Å². The second-order valence-corrected chi connectivity index (χ2v) is 8.45. The topological polar surface area (TPSA) is 68.3 Å². The van der Waals surface area contributed by atoms with E-state index in [1.807, 2.05) is 18.7 Å². The molecule has 1 aromatic carbocycles. The Bertz CT molecular complexity index is 1390. The van der Waals surface area contributed by atoms with Crippen LogP contribution in [0.15, 0.2) is 36.7 Å². The number of benzene rings is 1. The molecule has 176 valence electrons. The molecule has 7 nitrogen and oxygen atoms in total. The van der Waals surface area contributed by atoms with Crippen LogP contribution in [0.5, 0.6) is 0 Å². The van der Waals surface area contributed by atoms with Crippen LogP contribution in [-0.4, -0.2) is 41.5 Å². The van der Waals surface area contributed by atoms with E-state index in [1.165, 1.54) is 10.8 Å². The first-order chi connectivity index (χ1) is 16.3. The first-order valence-corrected chi connectivity index (χ1v) is 11.2. The highest BCUT2D eigenvalue weighted by atomic mass is 19.2. The predicted octanol–water partition coefficient (Wildman–Crippen LogP) is 4.48. The number of carbonyl (C=O) groups excluding carboxylic acids is 1. The Labute approximate surface area is 193 Å². The number of aryl methyl sites for hydroxylation is 1. The number of halogens is 3. The molecule has 2 unspecified atom stereocenters. The van der Waals surface area contributed by atoms with Gasteiger partial charge in [-0.05, 0) is 43.5 Å². The Hall–Kier alpha value is -3.69. The fourth-order valence-electron chi connectivity index (χ4n) is 5.01. The van der Waals surface area contributed by atoms with Crippen molar-refractivity contribution in [1.82, 2.24) is 29.5 Å². The first-order valence-electron chi connectivity index (χ1n) is 11.2. The minimum Gasteiger partial charge on any atom is -0.327 e. The average Bonchev–Trinajstić information content (AvgIpc) is 3.40. The second kappa shape index (κ2) is 8.27. The maximum absolute atomic E-state index is 14.0. The third kappa shape index (κ3) is 3.27. The van der Waals surface area contributed by atoms with Gasteiger partial charge in [-0.1, -0.05) is 13.8 Å². The summed E-state index contributed by atoms with van der Waals surface area (Å²) in [6.45, 7) is 3.96. The van der Waals surface area contributed by atoms with Gasteiger partial charge in [0.2, 0.25) is 0 Å². The Morgan fingerprint density at radius 3 is 2.53 bits per heavy atom. The Morgan fingerprint density at radius 1 is 1.12 bits per heavy atom. The number of nitrogens with zero attached hydrogens (tertiary/aromatic N) is 6. The summed E-state index contributed by atoms with van der Waals surface area (Å²) in [5.74, 6) is -4.17. The molecule has 0 saturated carbocycles. The lowest BCUT2D eigenvalue weighted by molar-refractivity contribution is 0.0515. The van der Waals surface area contributed by atoms with Gasteiger partial charge >= 0.3 is 0 Å². The minimum atomic E-state index is -1.50. The van der Waals surface area contributed by atoms with E-state index in [-0.39, 0.29) is 23.6 Å². The molecule has 4 aromatic rings. The van der Waals surface area contributed by atoms with Gasteiger partial charge < -0.3 is 4.90 Å². The van der Waals surface area contributed by atoms with Gasteiger partial charge in [0, 0.05) is 30.4 Å². The Morgan fingerprint density at radius 2 is 1.85 bits per heavy atom. The summed E-state index contributed by atoms with van der Waals surface area (Å²) in [6, 6.07) is 5.00. The van der Waals surface area contributed by atoms with Crippen LogP contribution < -0.4 is 0 Å². The molecule has 34 heavy (non-hydrogen) atoms. The van der Waals surface area contributed by atoms with Gasteiger partial charge in [0.25, 0.3) is 5.91 Å². The van der Waals surface area contributed by atoms with Gasteiger partial charge in [0.05, 0.1) is 29.2 Å². The van der Waals surface area contributed by atoms with Crippen molar-refractivity contribution in [2.45, 2.75) is 45.2 Å². The summed E-state index contributed by atoms with van der Waals surface area (Å²) in [4.78, 5) is 15.6. The van der Waals surface area contributed by atoms with Crippen molar-refractivity contribution in [3.05, 3.63) is 70.9 Å². The molecular formula is C24H23F3N6O. The quantitative estimate of drug-likeness (QED) is 0.415. The van der Waals surface area contributed by atoms with E-state index in [0.717, 1.165) is 17.7 Å². The summed E-state index contributed by atoms with van der Waals surface area (Å²) >= 11 is 0. The van der Waals surface area contributed by atoms with E-state index in [2.05, 4.69) is 15.3 Å². The van der Waals surface area contributed by atoms with Crippen LogP contribution in [0.25, 0.3) is 16.8 Å². The normalized spacial score (nSPS) is 17.9. The van der Waals surface area contributed by atoms with Gasteiger partial charge in [-0.3, -0.25) is 9.48 Å². The summed E-state index contributed by atoms with van der Waals surface area (Å²) in [6.07, 6.45) is 4.83. The lowest BCUT2D eigenvalue weighted by atomic mass is 9.87. The lowest BCUT2D eigenvalue weighted by Crippen LogP contribution is -2.47. The molecule has 0 saturated heterocycles. The van der Waals surface area contributed by atoms with Crippen LogP contribution in [0.1, 0.15) is 54.3 Å². The molecule has 1 amide bonds. The van der Waals surface area contributed by atoms with Crippen LogP contribution in [0.4, 0.5) is 13.2 Å². The zero-order valence-electron chi connectivity index (χ0n) is 19.0. The third-order valence-corrected chi connectivity index (χ3v) is 6.54. The highest BCUT2D eigenvalue weighted by Gasteiger charge is 2.40. The molecule has 0 N–H and O–H groups in total. The summed E-state index contributed by atoms with van der Waals surface area (Å²) in [5.41, 5.74) is 3.30. The van der Waals surface area contributed by atoms with Gasteiger partial charge in [-0.2, -0.15) is 19.9 Å². The van der Waals surface area contributed by atoms with Gasteiger partial charge in [-0.25, -0.2) is 13.2 Å². The van der Waals surface area contributed by atoms with Gasteiger partial charge in [0.15, 0.2) is 17.5 Å². The molecular weight excluding hydrogens is 445 g/mol. The molecule has 0 radical (unpaired) electrons. The fourth-order valence-corrected chi connectivity index (χ4v) is 5.01. The molecule has 10 heteroatoms.